The zero-order valence-corrected chi connectivity index (χ0v) is 14.1. The lowest BCUT2D eigenvalue weighted by Gasteiger charge is -2.38. The fraction of sp³-hybridized carbons (Fsp3) is 0.556. The summed E-state index contributed by atoms with van der Waals surface area (Å²) in [6.07, 6.45) is 2.15. The molecule has 1 N–H and O–H groups in total. The number of hydrogen-bond acceptors (Lipinski definition) is 4. The number of benzene rings is 1. The van der Waals surface area contributed by atoms with Gasteiger partial charge in [-0.05, 0) is 18.4 Å². The van der Waals surface area contributed by atoms with Gasteiger partial charge >= 0.3 is 0 Å². The number of ether oxygens (including phenoxy) is 1. The fourth-order valence-electron chi connectivity index (χ4n) is 3.12. The molecule has 0 radical (unpaired) electrons. The van der Waals surface area contributed by atoms with Gasteiger partial charge in [0.05, 0.1) is 0 Å². The van der Waals surface area contributed by atoms with Gasteiger partial charge in [0.2, 0.25) is 11.8 Å². The molecule has 1 aliphatic heterocycles. The summed E-state index contributed by atoms with van der Waals surface area (Å²) in [5.41, 5.74) is 1.01. The van der Waals surface area contributed by atoms with Crippen LogP contribution in [0.25, 0.3) is 0 Å². The second-order valence-corrected chi connectivity index (χ2v) is 6.45. The van der Waals surface area contributed by atoms with Gasteiger partial charge in [0.15, 0.2) is 0 Å². The number of carbonyl (C=O) groups is 2. The van der Waals surface area contributed by atoms with Crippen LogP contribution in [0.4, 0.5) is 0 Å². The number of hydrogen-bond donors (Lipinski definition) is 1. The highest BCUT2D eigenvalue weighted by Gasteiger charge is 2.34. The molecule has 6 nitrogen and oxygen atoms in total. The molecule has 1 atom stereocenters. The molecule has 1 saturated carbocycles. The Bertz CT molecular complexity index is 566. The molecule has 1 aromatic carbocycles. The van der Waals surface area contributed by atoms with Crippen LogP contribution in [0.3, 0.4) is 0 Å². The fourth-order valence-corrected chi connectivity index (χ4v) is 3.12. The maximum Gasteiger partial charge on any atom is 0.248 e. The zero-order chi connectivity index (χ0) is 16.9. The Hall–Kier alpha value is -1.92. The van der Waals surface area contributed by atoms with Crippen molar-refractivity contribution in [3.8, 4) is 0 Å². The van der Waals surface area contributed by atoms with Crippen molar-refractivity contribution in [3.05, 3.63) is 35.9 Å². The maximum atomic E-state index is 12.8. The van der Waals surface area contributed by atoms with Crippen LogP contribution < -0.4 is 5.32 Å². The lowest BCUT2D eigenvalue weighted by atomic mass is 10.0. The summed E-state index contributed by atoms with van der Waals surface area (Å²) in [6, 6.07) is 9.94. The molecule has 6 heteroatoms. The lowest BCUT2D eigenvalue weighted by molar-refractivity contribution is -0.138. The molecule has 3 rings (SSSR count). The van der Waals surface area contributed by atoms with Crippen molar-refractivity contribution in [2.24, 2.45) is 0 Å². The van der Waals surface area contributed by atoms with Crippen molar-refractivity contribution in [1.29, 1.82) is 0 Å². The highest BCUT2D eigenvalue weighted by atomic mass is 16.5. The Balaban J connectivity index is 1.67. The summed E-state index contributed by atoms with van der Waals surface area (Å²) >= 11 is 0. The number of carbonyl (C=O) groups excluding carboxylic acids is 2. The van der Waals surface area contributed by atoms with Gasteiger partial charge in [0, 0.05) is 39.3 Å². The summed E-state index contributed by atoms with van der Waals surface area (Å²) in [5.74, 6) is 0.0798. The van der Waals surface area contributed by atoms with E-state index in [9.17, 15) is 9.59 Å². The van der Waals surface area contributed by atoms with Gasteiger partial charge in [-0.15, -0.1) is 0 Å². The average molecular weight is 331 g/mol. The van der Waals surface area contributed by atoms with Crippen molar-refractivity contribution < 1.29 is 14.3 Å². The minimum absolute atomic E-state index is 0.0100. The van der Waals surface area contributed by atoms with Crippen LogP contribution in [0, 0.1) is 0 Å². The van der Waals surface area contributed by atoms with Crippen molar-refractivity contribution in [2.45, 2.75) is 24.9 Å². The smallest absolute Gasteiger partial charge is 0.248 e. The van der Waals surface area contributed by atoms with Gasteiger partial charge in [-0.3, -0.25) is 14.5 Å². The molecule has 1 saturated heterocycles. The van der Waals surface area contributed by atoms with E-state index in [-0.39, 0.29) is 24.5 Å². The van der Waals surface area contributed by atoms with Crippen LogP contribution in [-0.4, -0.2) is 67.6 Å². The number of nitrogens with one attached hydrogen (secondary N) is 1. The van der Waals surface area contributed by atoms with Crippen LogP contribution in [0.2, 0.25) is 0 Å². The Morgan fingerprint density at radius 1 is 1.17 bits per heavy atom. The van der Waals surface area contributed by atoms with Gasteiger partial charge < -0.3 is 15.0 Å². The standard InChI is InChI=1S/C18H25N3O3/c1-24-13-16(22)20-9-11-21(12-10-20)17(14-5-3-2-4-6-14)18(23)19-15-7-8-15/h2-6,15,17H,7-13H2,1H3,(H,19,23). The van der Waals surface area contributed by atoms with Gasteiger partial charge in [0.25, 0.3) is 0 Å². The third kappa shape index (κ3) is 4.13. The van der Waals surface area contributed by atoms with Crippen molar-refractivity contribution >= 4 is 11.8 Å². The molecule has 1 heterocycles. The van der Waals surface area contributed by atoms with E-state index in [4.69, 9.17) is 4.74 Å². The minimum atomic E-state index is -0.286. The predicted molar refractivity (Wildman–Crippen MR) is 90.4 cm³/mol. The monoisotopic (exact) mass is 331 g/mol. The maximum absolute atomic E-state index is 12.8. The number of amides is 2. The van der Waals surface area contributed by atoms with E-state index in [1.54, 1.807) is 4.90 Å². The van der Waals surface area contributed by atoms with Crippen LogP contribution in [0.1, 0.15) is 24.4 Å². The average Bonchev–Trinajstić information content (AvgIpc) is 3.41. The van der Waals surface area contributed by atoms with E-state index < -0.39 is 0 Å². The topological polar surface area (TPSA) is 61.9 Å². The third-order valence-electron chi connectivity index (χ3n) is 4.59. The summed E-state index contributed by atoms with van der Waals surface area (Å²) in [5, 5.41) is 3.12. The number of methoxy groups -OCH3 is 1. The Labute approximate surface area is 142 Å². The van der Waals surface area contributed by atoms with Crippen LogP contribution in [0.5, 0.6) is 0 Å². The SMILES string of the molecule is COCC(=O)N1CCN(C(C(=O)NC2CC2)c2ccccc2)CC1. The molecule has 130 valence electrons. The number of rotatable bonds is 6. The molecule has 2 aliphatic rings. The molecule has 24 heavy (non-hydrogen) atoms. The van der Waals surface area contributed by atoms with Crippen molar-refractivity contribution in [2.75, 3.05) is 39.9 Å². The summed E-state index contributed by atoms with van der Waals surface area (Å²) in [7, 11) is 1.53. The van der Waals surface area contributed by atoms with Crippen molar-refractivity contribution in [3.63, 3.8) is 0 Å². The third-order valence-corrected chi connectivity index (χ3v) is 4.59. The van der Waals surface area contributed by atoms with Crippen LogP contribution in [0.15, 0.2) is 30.3 Å². The molecule has 1 aliphatic carbocycles. The largest absolute Gasteiger partial charge is 0.375 e. The Kier molecular flexibility index (Phi) is 5.48. The first kappa shape index (κ1) is 16.9. The molecule has 0 bridgehead atoms. The molecule has 0 spiro atoms. The first-order chi connectivity index (χ1) is 11.7. The number of nitrogens with zero attached hydrogens (tertiary/aromatic N) is 2. The summed E-state index contributed by atoms with van der Waals surface area (Å²) < 4.78 is 4.92. The van der Waals surface area contributed by atoms with E-state index in [0.717, 1.165) is 18.4 Å². The second kappa shape index (κ2) is 7.77. The van der Waals surface area contributed by atoms with Gasteiger partial charge in [0.1, 0.15) is 12.6 Å². The molecular weight excluding hydrogens is 306 g/mol. The minimum Gasteiger partial charge on any atom is -0.375 e. The number of piperazine rings is 1. The highest BCUT2D eigenvalue weighted by molar-refractivity contribution is 5.84. The van der Waals surface area contributed by atoms with E-state index >= 15 is 0 Å². The summed E-state index contributed by atoms with van der Waals surface area (Å²) in [6.45, 7) is 2.74. The first-order valence-electron chi connectivity index (χ1n) is 8.55. The zero-order valence-electron chi connectivity index (χ0n) is 14.1. The lowest BCUT2D eigenvalue weighted by Crippen LogP contribution is -2.53. The van der Waals surface area contributed by atoms with Gasteiger partial charge in [-0.1, -0.05) is 30.3 Å². The Morgan fingerprint density at radius 2 is 1.83 bits per heavy atom. The molecular formula is C18H25N3O3. The molecule has 1 unspecified atom stereocenters. The summed E-state index contributed by atoms with van der Waals surface area (Å²) in [4.78, 5) is 28.7. The normalized spacial score (nSPS) is 19.8. The van der Waals surface area contributed by atoms with Gasteiger partial charge in [-0.2, -0.15) is 0 Å². The second-order valence-electron chi connectivity index (χ2n) is 6.45. The van der Waals surface area contributed by atoms with E-state index in [2.05, 4.69) is 10.2 Å². The highest BCUT2D eigenvalue weighted by Crippen LogP contribution is 2.25. The van der Waals surface area contributed by atoms with Gasteiger partial charge in [-0.25, -0.2) is 0 Å². The molecule has 2 fully saturated rings. The van der Waals surface area contributed by atoms with E-state index in [1.807, 2.05) is 30.3 Å². The molecule has 2 amide bonds. The van der Waals surface area contributed by atoms with Crippen molar-refractivity contribution in [1.82, 2.24) is 15.1 Å². The molecule has 0 aromatic heterocycles. The molecule has 1 aromatic rings. The predicted octanol–water partition coefficient (Wildman–Crippen LogP) is 0.797. The quantitative estimate of drug-likeness (QED) is 0.837. The van der Waals surface area contributed by atoms with E-state index in [0.29, 0.717) is 32.2 Å². The first-order valence-corrected chi connectivity index (χ1v) is 8.55. The Morgan fingerprint density at radius 3 is 2.42 bits per heavy atom. The van der Waals surface area contributed by atoms with E-state index in [1.165, 1.54) is 7.11 Å². The van der Waals surface area contributed by atoms with Crippen LogP contribution >= 0.6 is 0 Å². The van der Waals surface area contributed by atoms with Crippen LogP contribution in [-0.2, 0) is 14.3 Å².